The molecule has 0 spiro atoms. The van der Waals surface area contributed by atoms with Gasteiger partial charge in [-0.05, 0) is 68.9 Å². The number of aliphatic hydroxyl groups excluding tert-OH is 1. The van der Waals surface area contributed by atoms with Gasteiger partial charge in [-0.15, -0.1) is 0 Å². The van der Waals surface area contributed by atoms with Gasteiger partial charge < -0.3 is 34.1 Å². The molecule has 1 aliphatic rings. The Bertz CT molecular complexity index is 1360. The molecule has 0 aliphatic carbocycles. The molecule has 1 fully saturated rings. The molecule has 2 N–H and O–H groups in total. The van der Waals surface area contributed by atoms with Crippen LogP contribution in [0.25, 0.3) is 0 Å². The number of aromatic nitrogens is 1. The van der Waals surface area contributed by atoms with Crippen molar-refractivity contribution in [1.29, 1.82) is 0 Å². The number of methoxy groups -OCH3 is 1. The van der Waals surface area contributed by atoms with Gasteiger partial charge in [0.1, 0.15) is 6.61 Å². The van der Waals surface area contributed by atoms with E-state index in [1.165, 1.54) is 30.5 Å². The van der Waals surface area contributed by atoms with Crippen LogP contribution in [0.2, 0.25) is 0 Å². The van der Waals surface area contributed by atoms with Crippen LogP contribution in [0.3, 0.4) is 0 Å². The van der Waals surface area contributed by atoms with E-state index in [1.54, 1.807) is 6.92 Å². The summed E-state index contributed by atoms with van der Waals surface area (Å²) in [5.74, 6) is -0.407. The summed E-state index contributed by atoms with van der Waals surface area (Å²) in [6, 6.07) is 21.7. The lowest BCUT2D eigenvalue weighted by atomic mass is 9.77. The summed E-state index contributed by atoms with van der Waals surface area (Å²) in [6.45, 7) is 3.48. The molecule has 1 aliphatic heterocycles. The van der Waals surface area contributed by atoms with E-state index in [1.807, 2.05) is 19.1 Å². The summed E-state index contributed by atoms with van der Waals surface area (Å²) in [7, 11) is 1.43. The highest BCUT2D eigenvalue weighted by atomic mass is 16.7. The minimum atomic E-state index is -1.23. The minimum Gasteiger partial charge on any atom is -0.493 e. The van der Waals surface area contributed by atoms with Crippen LogP contribution >= 0.6 is 0 Å². The van der Waals surface area contributed by atoms with Crippen LogP contribution in [-0.2, 0) is 31.8 Å². The number of rotatable bonds is 14. The predicted molar refractivity (Wildman–Crippen MR) is 172 cm³/mol. The molecule has 0 radical (unpaired) electrons. The van der Waals surface area contributed by atoms with Crippen molar-refractivity contribution < 1.29 is 38.4 Å². The molecule has 248 valence electrons. The molecule has 2 heterocycles. The lowest BCUT2D eigenvalue weighted by molar-refractivity contribution is -0.163. The van der Waals surface area contributed by atoms with Crippen molar-refractivity contribution in [3.8, 4) is 11.5 Å². The highest BCUT2D eigenvalue weighted by Crippen LogP contribution is 2.34. The number of carbonyl (C=O) groups is 2. The maximum Gasteiger partial charge on any atom is 0.334 e. The standard InChI is InChI=1S/C36H46N2O8/c1-4-43-23-32(39)44-24-45-34-31(42-3)20-21-37-33(34)35(40)38-30-17-11-16-28(22-27-14-9-6-10-15-27)29(25(2)46-36(30)41)19-18-26-12-7-5-8-13-26/h5-10,12-15,20-21,25,28-30,36,41H,4,11,16-19,22-24H2,1-3H3,(H,38,40)/t25-,28+,29-,30-,36?/m0/s1. The molecule has 4 rings (SSSR count). The summed E-state index contributed by atoms with van der Waals surface area (Å²) in [5, 5.41) is 14.2. The van der Waals surface area contributed by atoms with Crippen LogP contribution < -0.4 is 14.8 Å². The number of nitrogens with one attached hydrogen (secondary N) is 1. The molecular formula is C36H46N2O8. The van der Waals surface area contributed by atoms with Crippen molar-refractivity contribution in [3.05, 3.63) is 89.7 Å². The number of nitrogens with zero attached hydrogens (tertiary/aromatic N) is 1. The second-order valence-electron chi connectivity index (χ2n) is 11.5. The van der Waals surface area contributed by atoms with Crippen LogP contribution in [0.15, 0.2) is 72.9 Å². The first-order valence-electron chi connectivity index (χ1n) is 16.0. The predicted octanol–water partition coefficient (Wildman–Crippen LogP) is 5.12. The number of hydrogen-bond donors (Lipinski definition) is 2. The lowest BCUT2D eigenvalue weighted by Gasteiger charge is -2.33. The van der Waals surface area contributed by atoms with Crippen molar-refractivity contribution in [2.24, 2.45) is 11.8 Å². The number of benzene rings is 2. The van der Waals surface area contributed by atoms with Gasteiger partial charge in [0.05, 0.1) is 19.3 Å². The fourth-order valence-electron chi connectivity index (χ4n) is 6.03. The first kappa shape index (κ1) is 34.9. The van der Waals surface area contributed by atoms with Crippen LogP contribution in [0, 0.1) is 11.8 Å². The first-order chi connectivity index (χ1) is 22.4. The summed E-state index contributed by atoms with van der Waals surface area (Å²) in [6.07, 6.45) is 4.86. The molecule has 0 bridgehead atoms. The Balaban J connectivity index is 1.48. The first-order valence-corrected chi connectivity index (χ1v) is 16.0. The maximum absolute atomic E-state index is 13.6. The van der Waals surface area contributed by atoms with Crippen LogP contribution in [0.1, 0.15) is 61.1 Å². The molecule has 1 unspecified atom stereocenters. The molecule has 10 heteroatoms. The van der Waals surface area contributed by atoms with Gasteiger partial charge >= 0.3 is 5.97 Å². The van der Waals surface area contributed by atoms with Crippen molar-refractivity contribution >= 4 is 11.9 Å². The number of ether oxygens (including phenoxy) is 5. The maximum atomic E-state index is 13.6. The lowest BCUT2D eigenvalue weighted by Crippen LogP contribution is -2.46. The van der Waals surface area contributed by atoms with Gasteiger partial charge in [0.25, 0.3) is 5.91 Å². The average molecular weight is 635 g/mol. The smallest absolute Gasteiger partial charge is 0.334 e. The fraction of sp³-hybridized carbons (Fsp3) is 0.472. The van der Waals surface area contributed by atoms with E-state index < -0.39 is 31.0 Å². The zero-order valence-corrected chi connectivity index (χ0v) is 26.9. The van der Waals surface area contributed by atoms with Crippen molar-refractivity contribution in [2.45, 2.75) is 70.8 Å². The van der Waals surface area contributed by atoms with Gasteiger partial charge in [-0.2, -0.15) is 0 Å². The second-order valence-corrected chi connectivity index (χ2v) is 11.5. The van der Waals surface area contributed by atoms with Gasteiger partial charge in [-0.25, -0.2) is 9.78 Å². The van der Waals surface area contributed by atoms with Gasteiger partial charge in [-0.3, -0.25) is 4.79 Å². The van der Waals surface area contributed by atoms with E-state index >= 15 is 0 Å². The number of aryl methyl sites for hydroxylation is 1. The number of amides is 1. The fourth-order valence-corrected chi connectivity index (χ4v) is 6.03. The molecule has 1 saturated heterocycles. The third kappa shape index (κ3) is 10.3. The van der Waals surface area contributed by atoms with Gasteiger partial charge in [0.2, 0.25) is 6.79 Å². The van der Waals surface area contributed by atoms with Gasteiger partial charge in [0, 0.05) is 18.9 Å². The Hall–Kier alpha value is -3.99. The Morgan fingerprint density at radius 3 is 2.43 bits per heavy atom. The summed E-state index contributed by atoms with van der Waals surface area (Å²) < 4.78 is 27.4. The Morgan fingerprint density at radius 1 is 1.02 bits per heavy atom. The largest absolute Gasteiger partial charge is 0.493 e. The van der Waals surface area contributed by atoms with Crippen LogP contribution in [-0.4, -0.2) is 67.5 Å². The molecule has 10 nitrogen and oxygen atoms in total. The van der Waals surface area contributed by atoms with Gasteiger partial charge in [-0.1, -0.05) is 67.1 Å². The summed E-state index contributed by atoms with van der Waals surface area (Å²) in [4.78, 5) is 29.6. The highest BCUT2D eigenvalue weighted by molar-refractivity contribution is 5.96. The van der Waals surface area contributed by atoms with Crippen molar-refractivity contribution in [3.63, 3.8) is 0 Å². The molecule has 0 saturated carbocycles. The summed E-state index contributed by atoms with van der Waals surface area (Å²) in [5.41, 5.74) is 2.48. The Morgan fingerprint density at radius 2 is 1.74 bits per heavy atom. The average Bonchev–Trinajstić information content (AvgIpc) is 3.12. The monoisotopic (exact) mass is 634 g/mol. The molecule has 1 aromatic heterocycles. The SMILES string of the molecule is CCOCC(=O)OCOc1c(OC)ccnc1C(=O)N[C@H]1CCC[C@H](Cc2ccccc2)[C@@H](CCc2ccccc2)[C@H](C)OC1O. The quantitative estimate of drug-likeness (QED) is 0.184. The Labute approximate surface area is 271 Å². The van der Waals surface area contributed by atoms with Crippen molar-refractivity contribution in [2.75, 3.05) is 27.1 Å². The topological polar surface area (TPSA) is 125 Å². The third-order valence-corrected chi connectivity index (χ3v) is 8.41. The number of carbonyl (C=O) groups excluding carboxylic acids is 2. The van der Waals surface area contributed by atoms with Crippen LogP contribution in [0.5, 0.6) is 11.5 Å². The second kappa shape index (κ2) is 18.2. The number of hydrogen-bond acceptors (Lipinski definition) is 9. The van der Waals surface area contributed by atoms with E-state index in [0.717, 1.165) is 32.1 Å². The number of pyridine rings is 1. The molecular weight excluding hydrogens is 588 g/mol. The molecule has 46 heavy (non-hydrogen) atoms. The van der Waals surface area contributed by atoms with E-state index in [9.17, 15) is 14.7 Å². The molecule has 5 atom stereocenters. The van der Waals surface area contributed by atoms with Gasteiger partial charge in [0.15, 0.2) is 23.5 Å². The molecule has 3 aromatic rings. The zero-order valence-electron chi connectivity index (χ0n) is 26.9. The summed E-state index contributed by atoms with van der Waals surface area (Å²) >= 11 is 0. The van der Waals surface area contributed by atoms with E-state index in [4.69, 9.17) is 23.7 Å². The van der Waals surface area contributed by atoms with E-state index in [-0.39, 0.29) is 35.8 Å². The minimum absolute atomic E-state index is 0.0162. The highest BCUT2D eigenvalue weighted by Gasteiger charge is 2.34. The zero-order chi connectivity index (χ0) is 32.7. The Kier molecular flexibility index (Phi) is 13.8. The number of esters is 1. The molecule has 2 aromatic carbocycles. The normalized spacial score (nSPS) is 21.7. The number of aliphatic hydroxyl groups is 1. The van der Waals surface area contributed by atoms with Crippen LogP contribution in [0.4, 0.5) is 0 Å². The van der Waals surface area contributed by atoms with E-state index in [0.29, 0.717) is 18.9 Å². The van der Waals surface area contributed by atoms with Crippen molar-refractivity contribution in [1.82, 2.24) is 10.3 Å². The molecule has 1 amide bonds. The third-order valence-electron chi connectivity index (χ3n) is 8.41. The van der Waals surface area contributed by atoms with E-state index in [2.05, 4.69) is 58.8 Å².